The van der Waals surface area contributed by atoms with Gasteiger partial charge in [-0.25, -0.2) is 0 Å². The lowest BCUT2D eigenvalue weighted by atomic mass is 9.88. The molecule has 0 unspecified atom stereocenters. The number of rotatable bonds is 3. The van der Waals surface area contributed by atoms with Gasteiger partial charge in [0.2, 0.25) is 0 Å². The van der Waals surface area contributed by atoms with Crippen LogP contribution in [0.4, 0.5) is 11.4 Å². The van der Waals surface area contributed by atoms with Crippen LogP contribution in [-0.4, -0.2) is 5.78 Å². The van der Waals surface area contributed by atoms with Crippen molar-refractivity contribution in [1.82, 2.24) is 0 Å². The molecule has 4 nitrogen and oxygen atoms in total. The molecule has 0 bridgehead atoms. The monoisotopic (exact) mass is 384 g/mol. The van der Waals surface area contributed by atoms with Gasteiger partial charge in [0.05, 0.1) is 17.6 Å². The molecule has 1 N–H and O–H groups in total. The van der Waals surface area contributed by atoms with Gasteiger partial charge in [0, 0.05) is 24.2 Å². The van der Waals surface area contributed by atoms with E-state index in [0.29, 0.717) is 13.0 Å². The summed E-state index contributed by atoms with van der Waals surface area (Å²) in [6.45, 7) is 2.80. The summed E-state index contributed by atoms with van der Waals surface area (Å²) in [4.78, 5) is 15.4. The highest BCUT2D eigenvalue weighted by atomic mass is 16.3. The van der Waals surface area contributed by atoms with Crippen molar-refractivity contribution in [2.75, 3.05) is 10.2 Å². The first-order chi connectivity index (χ1) is 14.2. The zero-order valence-corrected chi connectivity index (χ0v) is 16.5. The van der Waals surface area contributed by atoms with Crippen LogP contribution in [0.15, 0.2) is 82.6 Å². The Morgan fingerprint density at radius 1 is 1.07 bits per heavy atom. The number of allylic oxidation sites excluding steroid dienone is 1. The third kappa shape index (κ3) is 3.25. The minimum atomic E-state index is -0.246. The first kappa shape index (κ1) is 17.8. The molecule has 0 spiro atoms. The van der Waals surface area contributed by atoms with Crippen LogP contribution < -0.4 is 10.2 Å². The van der Waals surface area contributed by atoms with E-state index in [2.05, 4.69) is 59.6 Å². The quantitative estimate of drug-likeness (QED) is 0.623. The smallest absolute Gasteiger partial charge is 0.163 e. The van der Waals surface area contributed by atoms with Gasteiger partial charge in [0.15, 0.2) is 5.78 Å². The number of carbonyl (C=O) groups is 1. The van der Waals surface area contributed by atoms with Crippen molar-refractivity contribution in [3.05, 3.63) is 95.1 Å². The molecule has 2 heterocycles. The molecule has 0 saturated carbocycles. The molecular formula is C25H24N2O2. The number of hydrogen-bond acceptors (Lipinski definition) is 4. The van der Waals surface area contributed by atoms with Crippen LogP contribution in [0, 0.1) is 6.92 Å². The number of carbonyl (C=O) groups excluding carboxylic acids is 1. The first-order valence-corrected chi connectivity index (χ1v) is 10.2. The molecule has 1 aromatic heterocycles. The minimum absolute atomic E-state index is 0.210. The van der Waals surface area contributed by atoms with Crippen LogP contribution in [0.1, 0.15) is 42.2 Å². The Labute approximate surface area is 170 Å². The number of benzene rings is 2. The van der Waals surface area contributed by atoms with Gasteiger partial charge in [-0.05, 0) is 49.6 Å². The van der Waals surface area contributed by atoms with Crippen LogP contribution in [0.2, 0.25) is 0 Å². The standard InChI is InChI=1S/C25H24N2O2/c1-17-7-4-8-18(15-17)16-27-21-11-3-2-9-19(21)26-20-10-5-12-22(28)24(20)25(27)23-13-6-14-29-23/h2-4,6-9,11,13-15,25-26H,5,10,12,16H2,1H3/t25-/m1/s1. The molecule has 146 valence electrons. The number of fused-ring (bicyclic) bond motifs is 1. The number of hydrogen-bond donors (Lipinski definition) is 1. The van der Waals surface area contributed by atoms with Crippen molar-refractivity contribution in [2.24, 2.45) is 0 Å². The lowest BCUT2D eigenvalue weighted by Gasteiger charge is -2.34. The fourth-order valence-electron chi connectivity index (χ4n) is 4.52. The Kier molecular flexibility index (Phi) is 4.47. The molecule has 0 saturated heterocycles. The van der Waals surface area contributed by atoms with Gasteiger partial charge in [-0.1, -0.05) is 42.0 Å². The summed E-state index contributed by atoms with van der Waals surface area (Å²) in [6.07, 6.45) is 4.05. The third-order valence-electron chi connectivity index (χ3n) is 5.79. The number of nitrogens with one attached hydrogen (secondary N) is 1. The number of nitrogens with zero attached hydrogens (tertiary/aromatic N) is 1. The average Bonchev–Trinajstić information content (AvgIpc) is 3.20. The van der Waals surface area contributed by atoms with Crippen molar-refractivity contribution in [2.45, 2.75) is 38.8 Å². The molecule has 1 atom stereocenters. The second-order valence-corrected chi connectivity index (χ2v) is 7.85. The van der Waals surface area contributed by atoms with E-state index in [1.165, 1.54) is 11.1 Å². The summed E-state index contributed by atoms with van der Waals surface area (Å²) in [6, 6.07) is 20.5. The van der Waals surface area contributed by atoms with Crippen LogP contribution in [-0.2, 0) is 11.3 Å². The molecule has 3 aromatic rings. The highest BCUT2D eigenvalue weighted by Crippen LogP contribution is 2.45. The third-order valence-corrected chi connectivity index (χ3v) is 5.79. The van der Waals surface area contributed by atoms with E-state index in [1.807, 2.05) is 18.2 Å². The molecule has 0 amide bonds. The van der Waals surface area contributed by atoms with E-state index in [9.17, 15) is 4.79 Å². The van der Waals surface area contributed by atoms with E-state index in [1.54, 1.807) is 6.26 Å². The van der Waals surface area contributed by atoms with E-state index < -0.39 is 0 Å². The van der Waals surface area contributed by atoms with Crippen molar-refractivity contribution >= 4 is 17.2 Å². The highest BCUT2D eigenvalue weighted by Gasteiger charge is 2.38. The Morgan fingerprint density at radius 3 is 2.79 bits per heavy atom. The maximum absolute atomic E-state index is 13.1. The normalized spacial score (nSPS) is 18.7. The van der Waals surface area contributed by atoms with Crippen LogP contribution >= 0.6 is 0 Å². The molecule has 2 aliphatic rings. The minimum Gasteiger partial charge on any atom is -0.467 e. The van der Waals surface area contributed by atoms with E-state index >= 15 is 0 Å². The number of aryl methyl sites for hydroxylation is 1. The van der Waals surface area contributed by atoms with Crippen molar-refractivity contribution in [3.8, 4) is 0 Å². The number of anilines is 2. The summed E-state index contributed by atoms with van der Waals surface area (Å²) in [5, 5.41) is 3.59. The second kappa shape index (κ2) is 7.28. The molecule has 4 heteroatoms. The Hall–Kier alpha value is -3.27. The molecule has 1 aliphatic heterocycles. The van der Waals surface area contributed by atoms with Crippen LogP contribution in [0.3, 0.4) is 0 Å². The van der Waals surface area contributed by atoms with Crippen molar-refractivity contribution in [3.63, 3.8) is 0 Å². The van der Waals surface area contributed by atoms with Gasteiger partial charge >= 0.3 is 0 Å². The summed E-state index contributed by atoms with van der Waals surface area (Å²) in [5.74, 6) is 1.01. The Bertz CT molecular complexity index is 1080. The topological polar surface area (TPSA) is 45.5 Å². The maximum Gasteiger partial charge on any atom is 0.163 e. The van der Waals surface area contributed by atoms with Crippen LogP contribution in [0.25, 0.3) is 0 Å². The molecule has 0 radical (unpaired) electrons. The maximum atomic E-state index is 13.1. The van der Waals surface area contributed by atoms with E-state index in [0.717, 1.165) is 41.2 Å². The van der Waals surface area contributed by atoms with Crippen molar-refractivity contribution in [1.29, 1.82) is 0 Å². The fourth-order valence-corrected chi connectivity index (χ4v) is 4.52. The molecule has 5 rings (SSSR count). The van der Waals surface area contributed by atoms with Gasteiger partial charge in [-0.2, -0.15) is 0 Å². The molecule has 29 heavy (non-hydrogen) atoms. The van der Waals surface area contributed by atoms with Gasteiger partial charge in [-0.3, -0.25) is 4.79 Å². The molecule has 2 aromatic carbocycles. The van der Waals surface area contributed by atoms with Gasteiger partial charge in [0.25, 0.3) is 0 Å². The van der Waals surface area contributed by atoms with E-state index in [-0.39, 0.29) is 11.8 Å². The number of furan rings is 1. The highest BCUT2D eigenvalue weighted by molar-refractivity contribution is 6.00. The predicted molar refractivity (Wildman–Crippen MR) is 115 cm³/mol. The average molecular weight is 384 g/mol. The SMILES string of the molecule is Cc1cccc(CN2c3ccccc3NC3=C(C(=O)CCC3)[C@H]2c2ccco2)c1. The van der Waals surface area contributed by atoms with Gasteiger partial charge < -0.3 is 14.6 Å². The molecule has 0 fully saturated rings. The van der Waals surface area contributed by atoms with Crippen molar-refractivity contribution < 1.29 is 9.21 Å². The fraction of sp³-hybridized carbons (Fsp3) is 0.240. The lowest BCUT2D eigenvalue weighted by molar-refractivity contribution is -0.116. The first-order valence-electron chi connectivity index (χ1n) is 10.2. The van der Waals surface area contributed by atoms with Gasteiger partial charge in [0.1, 0.15) is 11.8 Å². The summed E-state index contributed by atoms with van der Waals surface area (Å²) >= 11 is 0. The lowest BCUT2D eigenvalue weighted by Crippen LogP contribution is -2.32. The molecule has 1 aliphatic carbocycles. The summed E-state index contributed by atoms with van der Waals surface area (Å²) < 4.78 is 5.88. The summed E-state index contributed by atoms with van der Waals surface area (Å²) in [7, 11) is 0. The van der Waals surface area contributed by atoms with Gasteiger partial charge in [-0.15, -0.1) is 0 Å². The zero-order chi connectivity index (χ0) is 19.8. The second-order valence-electron chi connectivity index (χ2n) is 7.85. The number of Topliss-reactive ketones (excluding diaryl/α,β-unsaturated/α-hetero) is 1. The predicted octanol–water partition coefficient (Wildman–Crippen LogP) is 5.77. The Morgan fingerprint density at radius 2 is 1.97 bits per heavy atom. The van der Waals surface area contributed by atoms with E-state index in [4.69, 9.17) is 4.42 Å². The molecular weight excluding hydrogens is 360 g/mol. The number of para-hydroxylation sites is 2. The zero-order valence-electron chi connectivity index (χ0n) is 16.5. The largest absolute Gasteiger partial charge is 0.467 e. The number of ketones is 1. The summed E-state index contributed by atoms with van der Waals surface area (Å²) in [5.41, 5.74) is 6.43. The Balaban J connectivity index is 1.71. The van der Waals surface area contributed by atoms with Crippen LogP contribution in [0.5, 0.6) is 0 Å².